The van der Waals surface area contributed by atoms with Crippen molar-refractivity contribution in [1.29, 1.82) is 5.26 Å². The molecule has 0 saturated carbocycles. The minimum absolute atomic E-state index is 0.0602. The van der Waals surface area contributed by atoms with Gasteiger partial charge in [-0.2, -0.15) is 5.26 Å². The van der Waals surface area contributed by atoms with E-state index in [-0.39, 0.29) is 22.6 Å². The molecule has 3 rings (SSSR count). The Labute approximate surface area is 143 Å². The predicted molar refractivity (Wildman–Crippen MR) is 89.1 cm³/mol. The van der Waals surface area contributed by atoms with Crippen LogP contribution in [0.1, 0.15) is 33.1 Å². The number of hydrogen-bond donors (Lipinski definition) is 2. The van der Waals surface area contributed by atoms with E-state index in [2.05, 4.69) is 0 Å². The lowest BCUT2D eigenvalue weighted by Gasteiger charge is -2.26. The lowest BCUT2D eigenvalue weighted by molar-refractivity contribution is 0.0697. The van der Waals surface area contributed by atoms with Gasteiger partial charge >= 0.3 is 5.97 Å². The third kappa shape index (κ3) is 2.54. The lowest BCUT2D eigenvalue weighted by atomic mass is 9.83. The fraction of sp³-hybridized carbons (Fsp3) is 0.167. The Bertz CT molecular complexity index is 1010. The summed E-state index contributed by atoms with van der Waals surface area (Å²) in [7, 11) is 1.64. The highest BCUT2D eigenvalue weighted by molar-refractivity contribution is 5.87. The van der Waals surface area contributed by atoms with Crippen molar-refractivity contribution in [2.45, 2.75) is 12.8 Å². The fourth-order valence-electron chi connectivity index (χ4n) is 2.89. The maximum atomic E-state index is 12.8. The number of pyridine rings is 1. The Morgan fingerprint density at radius 1 is 1.36 bits per heavy atom. The summed E-state index contributed by atoms with van der Waals surface area (Å²) in [5.41, 5.74) is 7.42. The summed E-state index contributed by atoms with van der Waals surface area (Å²) in [4.78, 5) is 23.8. The molecule has 0 radical (unpaired) electrons. The van der Waals surface area contributed by atoms with Crippen LogP contribution in [0.3, 0.4) is 0 Å². The van der Waals surface area contributed by atoms with Gasteiger partial charge in [-0.15, -0.1) is 0 Å². The fourth-order valence-corrected chi connectivity index (χ4v) is 2.89. The van der Waals surface area contributed by atoms with Crippen LogP contribution in [0.25, 0.3) is 0 Å². The Morgan fingerprint density at radius 2 is 2.00 bits per heavy atom. The van der Waals surface area contributed by atoms with E-state index >= 15 is 0 Å². The summed E-state index contributed by atoms with van der Waals surface area (Å²) in [6.07, 6.45) is 0. The number of rotatable bonds is 2. The molecule has 1 aliphatic heterocycles. The van der Waals surface area contributed by atoms with Gasteiger partial charge in [0.2, 0.25) is 5.88 Å². The monoisotopic (exact) mass is 337 g/mol. The summed E-state index contributed by atoms with van der Waals surface area (Å²) in [6, 6.07) is 9.71. The second kappa shape index (κ2) is 5.83. The van der Waals surface area contributed by atoms with E-state index in [1.807, 2.05) is 6.07 Å². The number of benzene rings is 1. The molecule has 1 aliphatic rings. The van der Waals surface area contributed by atoms with E-state index in [0.29, 0.717) is 22.6 Å². The number of fused-ring (bicyclic) bond motifs is 1. The number of carbonyl (C=O) groups is 1. The molecule has 0 aliphatic carbocycles. The van der Waals surface area contributed by atoms with Crippen LogP contribution in [0.5, 0.6) is 5.75 Å². The largest absolute Gasteiger partial charge is 0.478 e. The summed E-state index contributed by atoms with van der Waals surface area (Å²) < 4.78 is 6.96. The standard InChI is InChI=1S/C18H15N3O4/c1-9-7-13-15(17(22)21(9)2)14(12(8-19)16(20)25-13)10-3-5-11(6-4-10)18(23)24/h3-7,14H,20H2,1-2H3,(H,23,24). The Kier molecular flexibility index (Phi) is 3.81. The van der Waals surface area contributed by atoms with Crippen LogP contribution >= 0.6 is 0 Å². The van der Waals surface area contributed by atoms with Crippen molar-refractivity contribution in [2.75, 3.05) is 0 Å². The Balaban J connectivity index is 2.27. The molecular formula is C18H15N3O4. The first-order chi connectivity index (χ1) is 11.8. The average molecular weight is 337 g/mol. The van der Waals surface area contributed by atoms with Crippen LogP contribution < -0.4 is 16.0 Å². The molecule has 0 saturated heterocycles. The average Bonchev–Trinajstić information content (AvgIpc) is 2.59. The number of aryl methyl sites for hydroxylation is 1. The first kappa shape index (κ1) is 16.3. The highest BCUT2D eigenvalue weighted by Crippen LogP contribution is 2.40. The van der Waals surface area contributed by atoms with Gasteiger partial charge in [-0.1, -0.05) is 12.1 Å². The van der Waals surface area contributed by atoms with Crippen LogP contribution in [0.15, 0.2) is 46.6 Å². The summed E-state index contributed by atoms with van der Waals surface area (Å²) in [5, 5.41) is 18.5. The van der Waals surface area contributed by atoms with Crippen molar-refractivity contribution in [2.24, 2.45) is 12.8 Å². The van der Waals surface area contributed by atoms with Crippen LogP contribution in [0.2, 0.25) is 0 Å². The number of aromatic carboxylic acids is 1. The molecule has 7 heteroatoms. The molecule has 2 aromatic rings. The van der Waals surface area contributed by atoms with Gasteiger partial charge in [-0.05, 0) is 24.6 Å². The smallest absolute Gasteiger partial charge is 0.335 e. The third-order valence-corrected chi connectivity index (χ3v) is 4.34. The molecule has 0 fully saturated rings. The molecule has 3 N–H and O–H groups in total. The van der Waals surface area contributed by atoms with Crippen molar-refractivity contribution >= 4 is 5.97 Å². The van der Waals surface area contributed by atoms with Gasteiger partial charge in [-0.3, -0.25) is 4.79 Å². The number of nitriles is 1. The van der Waals surface area contributed by atoms with Crippen molar-refractivity contribution in [3.05, 3.63) is 74.5 Å². The summed E-state index contributed by atoms with van der Waals surface area (Å²) in [5.74, 6) is -1.52. The molecule has 7 nitrogen and oxygen atoms in total. The van der Waals surface area contributed by atoms with E-state index in [9.17, 15) is 14.9 Å². The predicted octanol–water partition coefficient (Wildman–Crippen LogP) is 1.61. The van der Waals surface area contributed by atoms with Crippen LogP contribution in [0, 0.1) is 18.3 Å². The normalized spacial score (nSPS) is 16.0. The van der Waals surface area contributed by atoms with Gasteiger partial charge in [0.15, 0.2) is 0 Å². The molecule has 0 bridgehead atoms. The SMILES string of the molecule is Cc1cc2c(c(=O)n1C)C(c1ccc(C(=O)O)cc1)C(C#N)=C(N)O2. The first-order valence-corrected chi connectivity index (χ1v) is 7.46. The van der Waals surface area contributed by atoms with Crippen molar-refractivity contribution < 1.29 is 14.6 Å². The zero-order chi connectivity index (χ0) is 18.3. The summed E-state index contributed by atoms with van der Waals surface area (Å²) >= 11 is 0. The highest BCUT2D eigenvalue weighted by atomic mass is 16.5. The van der Waals surface area contributed by atoms with Crippen molar-refractivity contribution in [3.63, 3.8) is 0 Å². The number of hydrogen-bond acceptors (Lipinski definition) is 5. The van der Waals surface area contributed by atoms with Gasteiger partial charge in [0.05, 0.1) is 17.0 Å². The van der Waals surface area contributed by atoms with E-state index in [1.165, 1.54) is 16.7 Å². The topological polar surface area (TPSA) is 118 Å². The number of carboxylic acid groups (broad SMARTS) is 1. The number of nitrogens with two attached hydrogens (primary N) is 1. The third-order valence-electron chi connectivity index (χ3n) is 4.34. The van der Waals surface area contributed by atoms with E-state index in [4.69, 9.17) is 15.6 Å². The lowest BCUT2D eigenvalue weighted by Crippen LogP contribution is -2.31. The van der Waals surface area contributed by atoms with Gasteiger partial charge < -0.3 is 20.1 Å². The molecule has 25 heavy (non-hydrogen) atoms. The second-order valence-electron chi connectivity index (χ2n) is 5.78. The second-order valence-corrected chi connectivity index (χ2v) is 5.78. The molecule has 0 amide bonds. The molecule has 1 atom stereocenters. The number of ether oxygens (including phenoxy) is 1. The van der Waals surface area contributed by atoms with E-state index in [1.54, 1.807) is 32.2 Å². The maximum absolute atomic E-state index is 12.8. The van der Waals surface area contributed by atoms with Gasteiger partial charge in [0.1, 0.15) is 17.4 Å². The van der Waals surface area contributed by atoms with Crippen LogP contribution in [0.4, 0.5) is 0 Å². The quantitative estimate of drug-likeness (QED) is 0.859. The zero-order valence-electron chi connectivity index (χ0n) is 13.6. The maximum Gasteiger partial charge on any atom is 0.335 e. The zero-order valence-corrected chi connectivity index (χ0v) is 13.6. The number of allylic oxidation sites excluding steroid dienone is 1. The van der Waals surface area contributed by atoms with Gasteiger partial charge in [-0.25, -0.2) is 4.79 Å². The van der Waals surface area contributed by atoms with Crippen molar-refractivity contribution in [3.8, 4) is 11.8 Å². The Morgan fingerprint density at radius 3 is 2.56 bits per heavy atom. The number of nitrogens with zero attached hydrogens (tertiary/aromatic N) is 2. The first-order valence-electron chi connectivity index (χ1n) is 7.46. The van der Waals surface area contributed by atoms with Gasteiger partial charge in [0, 0.05) is 18.8 Å². The number of aromatic nitrogens is 1. The van der Waals surface area contributed by atoms with Crippen molar-refractivity contribution in [1.82, 2.24) is 4.57 Å². The molecule has 1 unspecified atom stereocenters. The minimum Gasteiger partial charge on any atom is -0.478 e. The molecule has 2 heterocycles. The van der Waals surface area contributed by atoms with Crippen LogP contribution in [-0.4, -0.2) is 15.6 Å². The molecule has 1 aromatic carbocycles. The van der Waals surface area contributed by atoms with Crippen LogP contribution in [-0.2, 0) is 7.05 Å². The Hall–Kier alpha value is -3.53. The molecule has 1 aromatic heterocycles. The van der Waals surface area contributed by atoms with E-state index < -0.39 is 11.9 Å². The molecular weight excluding hydrogens is 322 g/mol. The number of carboxylic acids is 1. The molecule has 0 spiro atoms. The summed E-state index contributed by atoms with van der Waals surface area (Å²) in [6.45, 7) is 1.77. The van der Waals surface area contributed by atoms with E-state index in [0.717, 1.165) is 0 Å². The minimum atomic E-state index is -1.05. The van der Waals surface area contributed by atoms with Gasteiger partial charge in [0.25, 0.3) is 5.56 Å². The highest BCUT2D eigenvalue weighted by Gasteiger charge is 2.34. The molecule has 126 valence electrons.